The van der Waals surface area contributed by atoms with Gasteiger partial charge >= 0.3 is 20.8 Å². The average Bonchev–Trinajstić information content (AvgIpc) is 2.28. The van der Waals surface area contributed by atoms with Crippen molar-refractivity contribution in [1.29, 1.82) is 0 Å². The van der Waals surface area contributed by atoms with Gasteiger partial charge in [0, 0.05) is 0 Å². The van der Waals surface area contributed by atoms with Gasteiger partial charge in [-0.25, -0.2) is 8.37 Å². The Hall–Kier alpha value is -1.00. The van der Waals surface area contributed by atoms with E-state index < -0.39 is 57.7 Å². The molecule has 6 N–H and O–H groups in total. The minimum Gasteiger partial charge on any atom is -0.506 e. The van der Waals surface area contributed by atoms with Gasteiger partial charge in [-0.2, -0.15) is 16.8 Å². The SMILES string of the molecule is O=S(=O)(O)OC(CO)/C(O)=C(\O)C(CO)OS(=O)(=O)O. The summed E-state index contributed by atoms with van der Waals surface area (Å²) in [7, 11) is -10.2. The van der Waals surface area contributed by atoms with Gasteiger partial charge in [0.2, 0.25) is 0 Å². The van der Waals surface area contributed by atoms with Gasteiger partial charge in [-0.1, -0.05) is 0 Å². The number of aliphatic hydroxyl groups excluding tert-OH is 4. The molecule has 0 aromatic heterocycles. The summed E-state index contributed by atoms with van der Waals surface area (Å²) in [5.41, 5.74) is 0. The monoisotopic (exact) mass is 340 g/mol. The molecule has 0 bridgehead atoms. The number of hydrogen-bond donors (Lipinski definition) is 6. The Morgan fingerprint density at radius 1 is 0.800 bits per heavy atom. The number of aliphatic hydroxyl groups is 4. The molecule has 0 aromatic rings. The van der Waals surface area contributed by atoms with E-state index in [2.05, 4.69) is 8.37 Å². The minimum atomic E-state index is -5.12. The topological polar surface area (TPSA) is 208 Å². The van der Waals surface area contributed by atoms with Crippen LogP contribution in [0.5, 0.6) is 0 Å². The van der Waals surface area contributed by atoms with Crippen LogP contribution in [0.4, 0.5) is 0 Å². The third-order valence-corrected chi connectivity index (χ3v) is 2.63. The lowest BCUT2D eigenvalue weighted by molar-refractivity contribution is 0.0632. The van der Waals surface area contributed by atoms with Gasteiger partial charge in [0.25, 0.3) is 0 Å². The molecule has 2 atom stereocenters. The standard InChI is InChI=1S/C6H12O12S2/c7-1-3(17-19(11,12)13)5(9)6(10)4(2-8)18-20(14,15)16/h3-4,7-10H,1-2H2,(H,11,12,13)(H,14,15,16)/b6-5+. The highest BCUT2D eigenvalue weighted by atomic mass is 32.3. The Labute approximate surface area is 113 Å². The first-order valence-electron chi connectivity index (χ1n) is 4.56. The molecule has 0 aliphatic carbocycles. The Bertz CT molecular complexity index is 494. The molecule has 0 saturated heterocycles. The van der Waals surface area contributed by atoms with Gasteiger partial charge in [-0.05, 0) is 0 Å². The molecule has 0 aromatic carbocycles. The van der Waals surface area contributed by atoms with Crippen molar-refractivity contribution >= 4 is 20.8 Å². The fourth-order valence-electron chi connectivity index (χ4n) is 0.948. The fourth-order valence-corrected chi connectivity index (χ4v) is 1.84. The Kier molecular flexibility index (Phi) is 6.78. The van der Waals surface area contributed by atoms with E-state index in [1.54, 1.807) is 0 Å². The van der Waals surface area contributed by atoms with Crippen molar-refractivity contribution < 1.29 is 54.7 Å². The summed E-state index contributed by atoms with van der Waals surface area (Å²) < 4.78 is 65.7. The molecule has 0 amide bonds. The molecule has 20 heavy (non-hydrogen) atoms. The zero-order valence-electron chi connectivity index (χ0n) is 9.52. The maximum absolute atomic E-state index is 10.4. The third-order valence-electron chi connectivity index (χ3n) is 1.68. The second kappa shape index (κ2) is 7.14. The third kappa shape index (κ3) is 6.96. The van der Waals surface area contributed by atoms with Crippen molar-refractivity contribution in [2.45, 2.75) is 12.2 Å². The molecule has 0 fully saturated rings. The van der Waals surface area contributed by atoms with Gasteiger partial charge in [0.15, 0.2) is 23.7 Å². The van der Waals surface area contributed by atoms with Gasteiger partial charge in [-0.15, -0.1) is 0 Å². The van der Waals surface area contributed by atoms with E-state index >= 15 is 0 Å². The second-order valence-electron chi connectivity index (χ2n) is 3.16. The van der Waals surface area contributed by atoms with Gasteiger partial charge in [0.05, 0.1) is 13.2 Å². The molecule has 120 valence electrons. The van der Waals surface area contributed by atoms with Crippen LogP contribution in [0.2, 0.25) is 0 Å². The Morgan fingerprint density at radius 2 is 1.05 bits per heavy atom. The van der Waals surface area contributed by atoms with E-state index in [1.807, 2.05) is 0 Å². The van der Waals surface area contributed by atoms with Crippen LogP contribution in [-0.4, -0.2) is 71.8 Å². The van der Waals surface area contributed by atoms with Gasteiger partial charge in [-0.3, -0.25) is 9.11 Å². The predicted octanol–water partition coefficient (Wildman–Crippen LogP) is -2.33. The molecule has 0 aliphatic heterocycles. The van der Waals surface area contributed by atoms with Crippen LogP contribution in [0.3, 0.4) is 0 Å². The Balaban J connectivity index is 5.37. The molecule has 0 heterocycles. The van der Waals surface area contributed by atoms with E-state index in [-0.39, 0.29) is 0 Å². The first kappa shape index (κ1) is 19.0. The van der Waals surface area contributed by atoms with E-state index in [0.29, 0.717) is 0 Å². The van der Waals surface area contributed by atoms with E-state index in [1.165, 1.54) is 0 Å². The van der Waals surface area contributed by atoms with Crippen molar-refractivity contribution in [2.75, 3.05) is 13.2 Å². The molecule has 2 unspecified atom stereocenters. The van der Waals surface area contributed by atoms with Gasteiger partial charge in [0.1, 0.15) is 0 Å². The van der Waals surface area contributed by atoms with Crippen LogP contribution in [0.1, 0.15) is 0 Å². The quantitative estimate of drug-likeness (QED) is 0.203. The molecular weight excluding hydrogens is 328 g/mol. The summed E-state index contributed by atoms with van der Waals surface area (Å²) in [6.07, 6.45) is -4.38. The first-order valence-corrected chi connectivity index (χ1v) is 7.29. The second-order valence-corrected chi connectivity index (χ2v) is 5.26. The fraction of sp³-hybridized carbons (Fsp3) is 0.667. The van der Waals surface area contributed by atoms with Crippen LogP contribution in [0, 0.1) is 0 Å². The summed E-state index contributed by atoms with van der Waals surface area (Å²) in [6, 6.07) is 0. The summed E-state index contributed by atoms with van der Waals surface area (Å²) in [4.78, 5) is 0. The largest absolute Gasteiger partial charge is 0.506 e. The number of rotatable bonds is 8. The summed E-state index contributed by atoms with van der Waals surface area (Å²) >= 11 is 0. The summed E-state index contributed by atoms with van der Waals surface area (Å²) in [6.45, 7) is -2.50. The van der Waals surface area contributed by atoms with E-state index in [0.717, 1.165) is 0 Å². The normalized spacial score (nSPS) is 17.4. The maximum atomic E-state index is 10.4. The lowest BCUT2D eigenvalue weighted by atomic mass is 10.2. The minimum absolute atomic E-state index is 1.25. The van der Waals surface area contributed by atoms with Crippen molar-refractivity contribution in [3.8, 4) is 0 Å². The molecule has 0 saturated carbocycles. The number of hydrogen-bond acceptors (Lipinski definition) is 10. The van der Waals surface area contributed by atoms with Crippen molar-refractivity contribution in [3.05, 3.63) is 11.5 Å². The lowest BCUT2D eigenvalue weighted by Gasteiger charge is -2.17. The highest BCUT2D eigenvalue weighted by Crippen LogP contribution is 2.15. The molecule has 0 spiro atoms. The zero-order valence-corrected chi connectivity index (χ0v) is 11.2. The van der Waals surface area contributed by atoms with E-state index in [9.17, 15) is 27.0 Å². The highest BCUT2D eigenvalue weighted by molar-refractivity contribution is 7.81. The van der Waals surface area contributed by atoms with Crippen LogP contribution >= 0.6 is 0 Å². The molecule has 0 radical (unpaired) electrons. The lowest BCUT2D eigenvalue weighted by Crippen LogP contribution is -2.30. The van der Waals surface area contributed by atoms with Crippen molar-refractivity contribution in [2.24, 2.45) is 0 Å². The Morgan fingerprint density at radius 3 is 1.20 bits per heavy atom. The smallest absolute Gasteiger partial charge is 0.398 e. The zero-order chi connectivity index (χ0) is 16.1. The molecule has 0 rings (SSSR count). The highest BCUT2D eigenvalue weighted by Gasteiger charge is 2.30. The average molecular weight is 340 g/mol. The van der Waals surface area contributed by atoms with Gasteiger partial charge < -0.3 is 20.4 Å². The van der Waals surface area contributed by atoms with Crippen LogP contribution in [0.15, 0.2) is 11.5 Å². The van der Waals surface area contributed by atoms with Crippen molar-refractivity contribution in [3.63, 3.8) is 0 Å². The molecule has 12 nitrogen and oxygen atoms in total. The van der Waals surface area contributed by atoms with Crippen LogP contribution in [0.25, 0.3) is 0 Å². The summed E-state index contributed by atoms with van der Waals surface area (Å²) in [5, 5.41) is 36.1. The van der Waals surface area contributed by atoms with Crippen LogP contribution in [-0.2, 0) is 29.2 Å². The first-order chi connectivity index (χ1) is 8.91. The van der Waals surface area contributed by atoms with Crippen LogP contribution < -0.4 is 0 Å². The molecular formula is C6H12O12S2. The maximum Gasteiger partial charge on any atom is 0.398 e. The summed E-state index contributed by atoms with van der Waals surface area (Å²) in [5.74, 6) is -2.90. The van der Waals surface area contributed by atoms with E-state index in [4.69, 9.17) is 19.3 Å². The van der Waals surface area contributed by atoms with Crippen molar-refractivity contribution in [1.82, 2.24) is 0 Å². The predicted molar refractivity (Wildman–Crippen MR) is 59.3 cm³/mol. The molecule has 14 heteroatoms. The molecule has 0 aliphatic rings.